The minimum Gasteiger partial charge on any atom is -0.444 e. The number of halogens is 1. The average molecular weight is 370 g/mol. The molecule has 2 rings (SSSR count). The molecule has 0 aromatic heterocycles. The van der Waals surface area contributed by atoms with E-state index in [-0.39, 0.29) is 6.09 Å². The Kier molecular flexibility index (Phi) is 4.87. The molecule has 1 fully saturated rings. The van der Waals surface area contributed by atoms with E-state index in [0.717, 1.165) is 10.0 Å². The molecule has 22 heavy (non-hydrogen) atoms. The molecule has 1 aromatic rings. The van der Waals surface area contributed by atoms with Crippen LogP contribution in [-0.4, -0.2) is 34.3 Å². The lowest BCUT2D eigenvalue weighted by atomic mass is 9.81. The Hall–Kier alpha value is -1.07. The number of amides is 1. The minimum atomic E-state index is -0.569. The summed E-state index contributed by atoms with van der Waals surface area (Å²) in [5.74, 6) is 0. The monoisotopic (exact) mass is 369 g/mol. The van der Waals surface area contributed by atoms with Gasteiger partial charge in [0.15, 0.2) is 0 Å². The number of aliphatic hydroxyl groups is 1. The fraction of sp³-hybridized carbons (Fsp3) is 0.588. The second-order valence-corrected chi connectivity index (χ2v) is 7.98. The first-order valence-corrected chi connectivity index (χ1v) is 8.36. The first-order chi connectivity index (χ1) is 10.1. The van der Waals surface area contributed by atoms with Crippen LogP contribution in [0.5, 0.6) is 0 Å². The number of rotatable bonds is 1. The van der Waals surface area contributed by atoms with Crippen molar-refractivity contribution in [3.63, 3.8) is 0 Å². The first kappa shape index (κ1) is 17.3. The van der Waals surface area contributed by atoms with Crippen LogP contribution in [0.15, 0.2) is 28.7 Å². The van der Waals surface area contributed by atoms with E-state index in [2.05, 4.69) is 15.9 Å². The summed E-state index contributed by atoms with van der Waals surface area (Å²) in [6, 6.07) is 7.88. The summed E-state index contributed by atoms with van der Waals surface area (Å²) in [5.41, 5.74) is -0.102. The van der Waals surface area contributed by atoms with Crippen molar-refractivity contribution in [3.05, 3.63) is 34.3 Å². The van der Waals surface area contributed by atoms with E-state index in [1.165, 1.54) is 0 Å². The van der Waals surface area contributed by atoms with Gasteiger partial charge in [-0.2, -0.15) is 0 Å². The van der Waals surface area contributed by atoms with E-state index in [9.17, 15) is 9.90 Å². The molecule has 1 amide bonds. The number of hydrogen-bond donors (Lipinski definition) is 1. The molecule has 1 aromatic carbocycles. The molecule has 1 saturated heterocycles. The Morgan fingerprint density at radius 3 is 2.50 bits per heavy atom. The van der Waals surface area contributed by atoms with Crippen molar-refractivity contribution in [1.29, 1.82) is 0 Å². The van der Waals surface area contributed by atoms with Crippen molar-refractivity contribution in [2.75, 3.05) is 6.54 Å². The average Bonchev–Trinajstić information content (AvgIpc) is 2.36. The molecule has 4 nitrogen and oxygen atoms in total. The van der Waals surface area contributed by atoms with Gasteiger partial charge >= 0.3 is 6.09 Å². The normalized spacial score (nSPS) is 25.9. The van der Waals surface area contributed by atoms with E-state index in [0.29, 0.717) is 19.4 Å². The van der Waals surface area contributed by atoms with Crippen molar-refractivity contribution in [2.24, 2.45) is 0 Å². The third-order valence-corrected chi connectivity index (χ3v) is 4.52. The molecular weight excluding hydrogens is 346 g/mol. The van der Waals surface area contributed by atoms with Crippen LogP contribution in [0.1, 0.15) is 46.1 Å². The standard InChI is InChI=1S/C17H24BrNO3/c1-16(2,3)22-15(21)19-10-9-14(20)11-17(19,4)12-5-7-13(18)8-6-12/h5-8,14,20H,9-11H2,1-4H3. The lowest BCUT2D eigenvalue weighted by molar-refractivity contribution is -0.0391. The van der Waals surface area contributed by atoms with Gasteiger partial charge in [-0.3, -0.25) is 4.90 Å². The molecule has 1 N–H and O–H groups in total. The Morgan fingerprint density at radius 1 is 1.36 bits per heavy atom. The van der Waals surface area contributed by atoms with Gasteiger partial charge in [-0.25, -0.2) is 4.79 Å². The van der Waals surface area contributed by atoms with Gasteiger partial charge in [0.25, 0.3) is 0 Å². The van der Waals surface area contributed by atoms with Crippen molar-refractivity contribution >= 4 is 22.0 Å². The molecule has 0 bridgehead atoms. The summed E-state index contributed by atoms with van der Waals surface area (Å²) in [6.07, 6.45) is 0.344. The highest BCUT2D eigenvalue weighted by molar-refractivity contribution is 9.10. The van der Waals surface area contributed by atoms with Crippen LogP contribution in [0.4, 0.5) is 4.79 Å². The highest BCUT2D eigenvalue weighted by Gasteiger charge is 2.43. The van der Waals surface area contributed by atoms with Crippen molar-refractivity contribution in [3.8, 4) is 0 Å². The van der Waals surface area contributed by atoms with Crippen LogP contribution >= 0.6 is 15.9 Å². The van der Waals surface area contributed by atoms with Crippen molar-refractivity contribution in [2.45, 2.75) is 57.8 Å². The number of nitrogens with zero attached hydrogens (tertiary/aromatic N) is 1. The summed E-state index contributed by atoms with van der Waals surface area (Å²) < 4.78 is 6.54. The molecule has 0 radical (unpaired) electrons. The maximum absolute atomic E-state index is 12.6. The Bertz CT molecular complexity index is 538. The second kappa shape index (κ2) is 6.20. The zero-order valence-electron chi connectivity index (χ0n) is 13.6. The van der Waals surface area contributed by atoms with E-state index in [4.69, 9.17) is 4.74 Å². The van der Waals surface area contributed by atoms with Crippen LogP contribution < -0.4 is 0 Å². The number of ether oxygens (including phenoxy) is 1. The number of likely N-dealkylation sites (tertiary alicyclic amines) is 1. The summed E-state index contributed by atoms with van der Waals surface area (Å²) in [6.45, 7) is 8.06. The van der Waals surface area contributed by atoms with Gasteiger partial charge in [-0.1, -0.05) is 28.1 Å². The molecule has 5 heteroatoms. The lowest BCUT2D eigenvalue weighted by Crippen LogP contribution is -2.55. The molecule has 122 valence electrons. The van der Waals surface area contributed by atoms with Crippen LogP contribution in [0.2, 0.25) is 0 Å². The van der Waals surface area contributed by atoms with E-state index < -0.39 is 17.2 Å². The van der Waals surface area contributed by atoms with Gasteiger partial charge in [0, 0.05) is 17.4 Å². The molecule has 1 aliphatic rings. The summed E-state index contributed by atoms with van der Waals surface area (Å²) >= 11 is 3.43. The van der Waals surface area contributed by atoms with E-state index in [1.54, 1.807) is 4.90 Å². The predicted octanol–water partition coefficient (Wildman–Crippen LogP) is 4.06. The zero-order chi connectivity index (χ0) is 16.5. The molecule has 2 atom stereocenters. The third kappa shape index (κ3) is 3.82. The lowest BCUT2D eigenvalue weighted by Gasteiger charge is -2.46. The SMILES string of the molecule is CC(C)(C)OC(=O)N1CCC(O)CC1(C)c1ccc(Br)cc1. The fourth-order valence-corrected chi connectivity index (χ4v) is 3.15. The summed E-state index contributed by atoms with van der Waals surface area (Å²) in [4.78, 5) is 14.3. The number of aliphatic hydroxyl groups excluding tert-OH is 1. The van der Waals surface area contributed by atoms with Gasteiger partial charge in [-0.05, 0) is 51.8 Å². The van der Waals surface area contributed by atoms with Gasteiger partial charge < -0.3 is 9.84 Å². The second-order valence-electron chi connectivity index (χ2n) is 7.06. The Labute approximate surface area is 140 Å². The predicted molar refractivity (Wildman–Crippen MR) is 89.7 cm³/mol. The number of carbonyl (C=O) groups excluding carboxylic acids is 1. The number of hydrogen-bond acceptors (Lipinski definition) is 3. The summed E-state index contributed by atoms with van der Waals surface area (Å²) in [5, 5.41) is 10.1. The smallest absolute Gasteiger partial charge is 0.411 e. The van der Waals surface area contributed by atoms with Crippen LogP contribution in [-0.2, 0) is 10.3 Å². The van der Waals surface area contributed by atoms with Gasteiger partial charge in [0.05, 0.1) is 11.6 Å². The highest BCUT2D eigenvalue weighted by Crippen LogP contribution is 2.38. The molecule has 0 saturated carbocycles. The van der Waals surface area contributed by atoms with Gasteiger partial charge in [-0.15, -0.1) is 0 Å². The van der Waals surface area contributed by atoms with E-state index in [1.807, 2.05) is 52.0 Å². The van der Waals surface area contributed by atoms with Crippen LogP contribution in [0, 0.1) is 0 Å². The molecular formula is C17H24BrNO3. The molecule has 2 unspecified atom stereocenters. The topological polar surface area (TPSA) is 49.8 Å². The zero-order valence-corrected chi connectivity index (χ0v) is 15.2. The highest BCUT2D eigenvalue weighted by atomic mass is 79.9. The van der Waals surface area contributed by atoms with Crippen LogP contribution in [0.25, 0.3) is 0 Å². The third-order valence-electron chi connectivity index (χ3n) is 3.99. The van der Waals surface area contributed by atoms with Gasteiger partial charge in [0.1, 0.15) is 5.60 Å². The summed E-state index contributed by atoms with van der Waals surface area (Å²) in [7, 11) is 0. The fourth-order valence-electron chi connectivity index (χ4n) is 2.89. The largest absolute Gasteiger partial charge is 0.444 e. The molecule has 1 aliphatic heterocycles. The van der Waals surface area contributed by atoms with Crippen molar-refractivity contribution < 1.29 is 14.6 Å². The quantitative estimate of drug-likeness (QED) is 0.811. The number of benzene rings is 1. The van der Waals surface area contributed by atoms with E-state index >= 15 is 0 Å². The first-order valence-electron chi connectivity index (χ1n) is 7.56. The number of carbonyl (C=O) groups is 1. The molecule has 1 heterocycles. The van der Waals surface area contributed by atoms with Crippen molar-refractivity contribution in [1.82, 2.24) is 4.90 Å². The van der Waals surface area contributed by atoms with Crippen LogP contribution in [0.3, 0.4) is 0 Å². The Balaban J connectivity index is 2.33. The Morgan fingerprint density at radius 2 is 1.95 bits per heavy atom. The maximum atomic E-state index is 12.6. The minimum absolute atomic E-state index is 0.329. The molecule has 0 aliphatic carbocycles. The maximum Gasteiger partial charge on any atom is 0.411 e. The number of piperidine rings is 1. The molecule has 0 spiro atoms. The van der Waals surface area contributed by atoms with Gasteiger partial charge in [0.2, 0.25) is 0 Å².